The Hall–Kier alpha value is -4.28. The van der Waals surface area contributed by atoms with Crippen LogP contribution in [0.25, 0.3) is 0 Å². The van der Waals surface area contributed by atoms with Gasteiger partial charge < -0.3 is 19.9 Å². The van der Waals surface area contributed by atoms with Crippen molar-refractivity contribution in [3.63, 3.8) is 0 Å². The summed E-state index contributed by atoms with van der Waals surface area (Å²) in [6.07, 6.45) is 1.26. The number of carbonyl (C=O) groups is 1. The van der Waals surface area contributed by atoms with Crippen LogP contribution in [-0.2, 0) is 4.74 Å². The Labute approximate surface area is 195 Å². The first kappa shape index (κ1) is 22.9. The lowest BCUT2D eigenvalue weighted by Crippen LogP contribution is -2.47. The van der Waals surface area contributed by atoms with Gasteiger partial charge in [-0.05, 0) is 43.3 Å². The van der Waals surface area contributed by atoms with Crippen molar-refractivity contribution in [1.29, 1.82) is 0 Å². The highest BCUT2D eigenvalue weighted by molar-refractivity contribution is 5.90. The summed E-state index contributed by atoms with van der Waals surface area (Å²) in [6, 6.07) is 12.9. The SMILES string of the molecule is CCOC(=O)c1ccc(Nc2ncnc(N3CCN(c4ccccc4F)CC3)c2[N+](=O)[O-])cc1. The van der Waals surface area contributed by atoms with Crippen molar-refractivity contribution in [3.8, 4) is 0 Å². The lowest BCUT2D eigenvalue weighted by Gasteiger charge is -2.36. The minimum absolute atomic E-state index is 0.0374. The highest BCUT2D eigenvalue weighted by Crippen LogP contribution is 2.34. The molecule has 1 fully saturated rings. The molecular weight excluding hydrogens is 443 g/mol. The Balaban J connectivity index is 1.52. The number of piperazine rings is 1. The van der Waals surface area contributed by atoms with Crippen LogP contribution in [0.15, 0.2) is 54.9 Å². The number of nitrogens with zero attached hydrogens (tertiary/aromatic N) is 5. The molecule has 176 valence electrons. The Morgan fingerprint density at radius 2 is 1.76 bits per heavy atom. The van der Waals surface area contributed by atoms with E-state index in [0.717, 1.165) is 0 Å². The molecule has 4 rings (SSSR count). The monoisotopic (exact) mass is 466 g/mol. The minimum atomic E-state index is -0.520. The summed E-state index contributed by atoms with van der Waals surface area (Å²) in [6.45, 7) is 3.82. The standard InChI is InChI=1S/C23H23FN6O4/c1-2-34-23(31)16-7-9-17(10-8-16)27-21-20(30(32)33)22(26-15-25-21)29-13-11-28(12-14-29)19-6-4-3-5-18(19)24/h3-10,15H,2,11-14H2,1H3,(H,25,26,27). The van der Waals surface area contributed by atoms with Crippen molar-refractivity contribution in [3.05, 3.63) is 76.4 Å². The van der Waals surface area contributed by atoms with Gasteiger partial charge in [-0.15, -0.1) is 0 Å². The molecule has 2 heterocycles. The second-order valence-electron chi connectivity index (χ2n) is 7.50. The fourth-order valence-corrected chi connectivity index (χ4v) is 3.77. The van der Waals surface area contributed by atoms with Crippen molar-refractivity contribution in [2.24, 2.45) is 0 Å². The van der Waals surface area contributed by atoms with Crippen LogP contribution in [0.1, 0.15) is 17.3 Å². The van der Waals surface area contributed by atoms with Crippen molar-refractivity contribution >= 4 is 34.7 Å². The molecule has 0 aliphatic carbocycles. The number of carbonyl (C=O) groups excluding carboxylic acids is 1. The first-order chi connectivity index (χ1) is 16.5. The van der Waals surface area contributed by atoms with Gasteiger partial charge in [-0.1, -0.05) is 12.1 Å². The van der Waals surface area contributed by atoms with Crippen LogP contribution < -0.4 is 15.1 Å². The van der Waals surface area contributed by atoms with E-state index in [4.69, 9.17) is 4.74 Å². The van der Waals surface area contributed by atoms with E-state index in [1.54, 1.807) is 54.3 Å². The van der Waals surface area contributed by atoms with E-state index in [-0.39, 0.29) is 29.7 Å². The number of aromatic nitrogens is 2. The van der Waals surface area contributed by atoms with Crippen molar-refractivity contribution in [2.45, 2.75) is 6.92 Å². The molecule has 34 heavy (non-hydrogen) atoms. The van der Waals surface area contributed by atoms with Crippen molar-refractivity contribution < 1.29 is 18.8 Å². The maximum atomic E-state index is 14.1. The molecule has 1 N–H and O–H groups in total. The molecule has 0 unspecified atom stereocenters. The van der Waals surface area contributed by atoms with E-state index in [9.17, 15) is 19.3 Å². The minimum Gasteiger partial charge on any atom is -0.462 e. The van der Waals surface area contributed by atoms with E-state index in [2.05, 4.69) is 15.3 Å². The van der Waals surface area contributed by atoms with Crippen molar-refractivity contribution in [1.82, 2.24) is 9.97 Å². The predicted molar refractivity (Wildman–Crippen MR) is 125 cm³/mol. The molecule has 1 saturated heterocycles. The van der Waals surface area contributed by atoms with Gasteiger partial charge in [0.05, 0.1) is 22.8 Å². The largest absolute Gasteiger partial charge is 0.462 e. The summed E-state index contributed by atoms with van der Waals surface area (Å²) in [4.78, 5) is 35.2. The van der Waals surface area contributed by atoms with Gasteiger partial charge in [0.25, 0.3) is 0 Å². The van der Waals surface area contributed by atoms with Crippen LogP contribution in [0.2, 0.25) is 0 Å². The van der Waals surface area contributed by atoms with Gasteiger partial charge in [0.15, 0.2) is 0 Å². The highest BCUT2D eigenvalue weighted by Gasteiger charge is 2.30. The highest BCUT2D eigenvalue weighted by atomic mass is 19.1. The predicted octanol–water partition coefficient (Wildman–Crippen LogP) is 3.77. The topological polar surface area (TPSA) is 114 Å². The normalized spacial score (nSPS) is 13.5. The summed E-state index contributed by atoms with van der Waals surface area (Å²) in [5.41, 5.74) is 1.15. The second kappa shape index (κ2) is 10.1. The molecule has 3 aromatic rings. The van der Waals surface area contributed by atoms with E-state index in [1.807, 2.05) is 4.90 Å². The number of esters is 1. The number of anilines is 4. The summed E-state index contributed by atoms with van der Waals surface area (Å²) >= 11 is 0. The number of hydrogen-bond acceptors (Lipinski definition) is 9. The lowest BCUT2D eigenvalue weighted by molar-refractivity contribution is -0.383. The lowest BCUT2D eigenvalue weighted by atomic mass is 10.2. The van der Waals surface area contributed by atoms with Crippen LogP contribution in [0.5, 0.6) is 0 Å². The molecule has 2 aromatic carbocycles. The molecule has 0 radical (unpaired) electrons. The molecule has 0 spiro atoms. The maximum absolute atomic E-state index is 14.1. The Morgan fingerprint density at radius 3 is 2.41 bits per heavy atom. The molecule has 0 bridgehead atoms. The number of para-hydroxylation sites is 1. The van der Waals surface area contributed by atoms with Gasteiger partial charge in [-0.25, -0.2) is 19.2 Å². The van der Waals surface area contributed by atoms with Crippen molar-refractivity contribution in [2.75, 3.05) is 47.9 Å². The third-order valence-electron chi connectivity index (χ3n) is 5.42. The summed E-state index contributed by atoms with van der Waals surface area (Å²) in [5, 5.41) is 14.9. The average Bonchev–Trinajstić information content (AvgIpc) is 2.85. The van der Waals surface area contributed by atoms with Crippen LogP contribution in [0.3, 0.4) is 0 Å². The van der Waals surface area contributed by atoms with Crippen LogP contribution in [0, 0.1) is 15.9 Å². The summed E-state index contributed by atoms with van der Waals surface area (Å²) in [5.74, 6) is -0.516. The van der Waals surface area contributed by atoms with Gasteiger partial charge in [0.2, 0.25) is 11.6 Å². The van der Waals surface area contributed by atoms with Gasteiger partial charge in [0, 0.05) is 31.9 Å². The first-order valence-electron chi connectivity index (χ1n) is 10.8. The van der Waals surface area contributed by atoms with Gasteiger partial charge in [-0.2, -0.15) is 0 Å². The molecule has 1 aliphatic rings. The van der Waals surface area contributed by atoms with E-state index in [0.29, 0.717) is 43.1 Å². The zero-order valence-electron chi connectivity index (χ0n) is 18.5. The zero-order valence-corrected chi connectivity index (χ0v) is 18.5. The fraction of sp³-hybridized carbons (Fsp3) is 0.261. The van der Waals surface area contributed by atoms with E-state index < -0.39 is 10.9 Å². The molecule has 1 aliphatic heterocycles. The number of hydrogen-bond donors (Lipinski definition) is 1. The van der Waals surface area contributed by atoms with E-state index in [1.165, 1.54) is 12.4 Å². The number of benzene rings is 2. The third-order valence-corrected chi connectivity index (χ3v) is 5.42. The summed E-state index contributed by atoms with van der Waals surface area (Å²) < 4.78 is 19.1. The zero-order chi connectivity index (χ0) is 24.1. The average molecular weight is 466 g/mol. The molecule has 11 heteroatoms. The fourth-order valence-electron chi connectivity index (χ4n) is 3.77. The molecule has 0 amide bonds. The number of ether oxygens (including phenoxy) is 1. The Kier molecular flexibility index (Phi) is 6.81. The molecule has 10 nitrogen and oxygen atoms in total. The van der Waals surface area contributed by atoms with Crippen LogP contribution in [0.4, 0.5) is 33.1 Å². The molecule has 1 aromatic heterocycles. The van der Waals surface area contributed by atoms with Crippen LogP contribution in [-0.4, -0.2) is 53.6 Å². The molecular formula is C23H23FN6O4. The van der Waals surface area contributed by atoms with Gasteiger partial charge >= 0.3 is 11.7 Å². The maximum Gasteiger partial charge on any atom is 0.353 e. The second-order valence-corrected chi connectivity index (χ2v) is 7.50. The number of halogens is 1. The third kappa shape index (κ3) is 4.87. The summed E-state index contributed by atoms with van der Waals surface area (Å²) in [7, 11) is 0. The Morgan fingerprint density at radius 1 is 1.09 bits per heavy atom. The molecule has 0 saturated carbocycles. The smallest absolute Gasteiger partial charge is 0.353 e. The van der Waals surface area contributed by atoms with Gasteiger partial charge in [0.1, 0.15) is 12.1 Å². The van der Waals surface area contributed by atoms with E-state index >= 15 is 0 Å². The first-order valence-corrected chi connectivity index (χ1v) is 10.8. The number of rotatable bonds is 7. The number of nitrogens with one attached hydrogen (secondary N) is 1. The number of nitro groups is 1. The molecule has 0 atom stereocenters. The van der Waals surface area contributed by atoms with Crippen LogP contribution >= 0.6 is 0 Å². The quantitative estimate of drug-likeness (QED) is 0.316. The Bertz CT molecular complexity index is 1180. The van der Waals surface area contributed by atoms with Gasteiger partial charge in [-0.3, -0.25) is 10.1 Å².